The Morgan fingerprint density at radius 3 is 2.81 bits per heavy atom. The van der Waals surface area contributed by atoms with Gasteiger partial charge in [0.1, 0.15) is 15.9 Å². The Kier molecular flexibility index (Phi) is 3.42. The van der Waals surface area contributed by atoms with E-state index in [1.54, 1.807) is 19.1 Å². The molecule has 1 aromatic heterocycles. The maximum Gasteiger partial charge on any atom is 0.308 e. The van der Waals surface area contributed by atoms with Crippen LogP contribution in [-0.4, -0.2) is 45.6 Å². The molecule has 2 heterocycles. The highest BCUT2D eigenvalue weighted by Gasteiger charge is 2.41. The largest absolute Gasteiger partial charge is 0.481 e. The zero-order valence-electron chi connectivity index (χ0n) is 11.1. The number of hydrogen-bond acceptors (Lipinski definition) is 6. The smallest absolute Gasteiger partial charge is 0.308 e. The minimum absolute atomic E-state index is 0.00716. The van der Waals surface area contributed by atoms with Crippen LogP contribution in [0, 0.1) is 11.8 Å². The van der Waals surface area contributed by atoms with Gasteiger partial charge in [-0.05, 0) is 18.1 Å². The number of sulfonamides is 1. The van der Waals surface area contributed by atoms with Crippen molar-refractivity contribution in [3.05, 3.63) is 18.2 Å². The standard InChI is InChI=1S/C12H13N3O4S2/c1-7-5-15(6-8(7)12(16)17)21(18,19)10-4-2-3-9-11(10)14-20-13-9/h2-4,7-8H,5-6H2,1H3,(H,16,17)/t7-,8-/m1/s1. The van der Waals surface area contributed by atoms with E-state index in [1.165, 1.54) is 10.4 Å². The number of rotatable bonds is 3. The van der Waals surface area contributed by atoms with Crippen LogP contribution >= 0.6 is 11.7 Å². The van der Waals surface area contributed by atoms with Crippen LogP contribution in [0.3, 0.4) is 0 Å². The molecule has 112 valence electrons. The van der Waals surface area contributed by atoms with Gasteiger partial charge in [0.05, 0.1) is 17.6 Å². The topological polar surface area (TPSA) is 100 Å². The van der Waals surface area contributed by atoms with Gasteiger partial charge >= 0.3 is 5.97 Å². The Labute approximate surface area is 125 Å². The maximum absolute atomic E-state index is 12.7. The molecule has 1 aliphatic heterocycles. The molecule has 9 heteroatoms. The van der Waals surface area contributed by atoms with E-state index in [-0.39, 0.29) is 23.9 Å². The first-order valence-corrected chi connectivity index (χ1v) is 8.52. The second kappa shape index (κ2) is 5.00. The normalized spacial score (nSPS) is 23.7. The summed E-state index contributed by atoms with van der Waals surface area (Å²) in [5.41, 5.74) is 0.872. The lowest BCUT2D eigenvalue weighted by Gasteiger charge is -2.16. The molecule has 21 heavy (non-hydrogen) atoms. The fourth-order valence-corrected chi connectivity index (χ4v) is 4.89. The van der Waals surface area contributed by atoms with Gasteiger partial charge in [0, 0.05) is 13.1 Å². The Morgan fingerprint density at radius 1 is 1.38 bits per heavy atom. The molecule has 0 aliphatic carbocycles. The Balaban J connectivity index is 2.02. The second-order valence-corrected chi connectivity index (χ2v) is 7.57. The first-order valence-electron chi connectivity index (χ1n) is 6.35. The summed E-state index contributed by atoms with van der Waals surface area (Å²) in [5, 5.41) is 9.13. The summed E-state index contributed by atoms with van der Waals surface area (Å²) < 4.78 is 34.8. The SMILES string of the molecule is C[C@@H]1CN(S(=O)(=O)c2cccc3nsnc23)C[C@H]1C(=O)O. The number of benzene rings is 1. The van der Waals surface area contributed by atoms with E-state index in [0.29, 0.717) is 11.0 Å². The highest BCUT2D eigenvalue weighted by atomic mass is 32.2. The lowest BCUT2D eigenvalue weighted by molar-refractivity contribution is -0.142. The molecular formula is C12H13N3O4S2. The van der Waals surface area contributed by atoms with Gasteiger partial charge < -0.3 is 5.11 Å². The minimum Gasteiger partial charge on any atom is -0.481 e. The van der Waals surface area contributed by atoms with Gasteiger partial charge in [-0.3, -0.25) is 4.79 Å². The number of carbonyl (C=O) groups is 1. The van der Waals surface area contributed by atoms with Crippen molar-refractivity contribution in [2.24, 2.45) is 11.8 Å². The maximum atomic E-state index is 12.7. The van der Waals surface area contributed by atoms with Crippen LogP contribution in [0.25, 0.3) is 11.0 Å². The van der Waals surface area contributed by atoms with Crippen LogP contribution in [0.4, 0.5) is 0 Å². The molecule has 1 aliphatic rings. The van der Waals surface area contributed by atoms with Crippen LogP contribution in [-0.2, 0) is 14.8 Å². The number of carboxylic acid groups (broad SMARTS) is 1. The van der Waals surface area contributed by atoms with E-state index in [1.807, 2.05) is 0 Å². The van der Waals surface area contributed by atoms with Gasteiger partial charge in [-0.2, -0.15) is 13.1 Å². The summed E-state index contributed by atoms with van der Waals surface area (Å²) in [6.45, 7) is 1.94. The van der Waals surface area contributed by atoms with Crippen LogP contribution in [0.5, 0.6) is 0 Å². The third-order valence-electron chi connectivity index (χ3n) is 3.76. The summed E-state index contributed by atoms with van der Waals surface area (Å²) in [4.78, 5) is 11.2. The molecule has 1 aromatic carbocycles. The van der Waals surface area contributed by atoms with Crippen LogP contribution in [0.2, 0.25) is 0 Å². The third-order valence-corrected chi connectivity index (χ3v) is 6.17. The molecule has 0 amide bonds. The molecule has 0 radical (unpaired) electrons. The van der Waals surface area contributed by atoms with E-state index in [9.17, 15) is 13.2 Å². The predicted octanol–water partition coefficient (Wildman–Crippen LogP) is 1.03. The predicted molar refractivity (Wildman–Crippen MR) is 76.5 cm³/mol. The Morgan fingerprint density at radius 2 is 2.14 bits per heavy atom. The Hall–Kier alpha value is -1.58. The average Bonchev–Trinajstić information content (AvgIpc) is 3.03. The van der Waals surface area contributed by atoms with Crippen molar-refractivity contribution in [3.8, 4) is 0 Å². The second-order valence-electron chi connectivity index (χ2n) is 5.13. The van der Waals surface area contributed by atoms with Crippen molar-refractivity contribution in [1.82, 2.24) is 13.1 Å². The van der Waals surface area contributed by atoms with E-state index in [4.69, 9.17) is 5.11 Å². The molecule has 1 fully saturated rings. The van der Waals surface area contributed by atoms with E-state index < -0.39 is 21.9 Å². The van der Waals surface area contributed by atoms with Gasteiger partial charge in [-0.15, -0.1) is 0 Å². The Bertz CT molecular complexity index is 802. The lowest BCUT2D eigenvalue weighted by atomic mass is 9.99. The molecule has 0 unspecified atom stereocenters. The van der Waals surface area contributed by atoms with Gasteiger partial charge in [0.25, 0.3) is 0 Å². The summed E-state index contributed by atoms with van der Waals surface area (Å²) in [7, 11) is -3.76. The molecule has 0 saturated carbocycles. The number of carboxylic acids is 1. The zero-order chi connectivity index (χ0) is 15.2. The summed E-state index contributed by atoms with van der Waals surface area (Å²) in [6.07, 6.45) is 0. The number of fused-ring (bicyclic) bond motifs is 1. The fraction of sp³-hybridized carbons (Fsp3) is 0.417. The van der Waals surface area contributed by atoms with Crippen molar-refractivity contribution in [1.29, 1.82) is 0 Å². The number of hydrogen-bond donors (Lipinski definition) is 1. The molecular weight excluding hydrogens is 314 g/mol. The molecule has 1 N–H and O–H groups in total. The minimum atomic E-state index is -3.76. The quantitative estimate of drug-likeness (QED) is 0.904. The molecule has 2 atom stereocenters. The molecule has 7 nitrogen and oxygen atoms in total. The number of aliphatic carboxylic acids is 1. The first kappa shape index (κ1) is 14.4. The van der Waals surface area contributed by atoms with Gasteiger partial charge in [-0.25, -0.2) is 8.42 Å². The summed E-state index contributed by atoms with van der Waals surface area (Å²) in [6, 6.07) is 4.80. The van der Waals surface area contributed by atoms with Gasteiger partial charge in [0.2, 0.25) is 10.0 Å². The van der Waals surface area contributed by atoms with Crippen molar-refractivity contribution in [3.63, 3.8) is 0 Å². The lowest BCUT2D eigenvalue weighted by Crippen LogP contribution is -2.30. The monoisotopic (exact) mass is 327 g/mol. The van der Waals surface area contributed by atoms with Crippen LogP contribution in [0.1, 0.15) is 6.92 Å². The van der Waals surface area contributed by atoms with E-state index in [2.05, 4.69) is 8.75 Å². The van der Waals surface area contributed by atoms with Gasteiger partial charge in [-0.1, -0.05) is 13.0 Å². The van der Waals surface area contributed by atoms with Crippen molar-refractivity contribution >= 4 is 38.8 Å². The molecule has 1 saturated heterocycles. The molecule has 3 rings (SSSR count). The van der Waals surface area contributed by atoms with Crippen molar-refractivity contribution in [2.75, 3.05) is 13.1 Å². The zero-order valence-corrected chi connectivity index (χ0v) is 12.8. The fourth-order valence-electron chi connectivity index (χ4n) is 2.57. The van der Waals surface area contributed by atoms with Crippen molar-refractivity contribution in [2.45, 2.75) is 11.8 Å². The summed E-state index contributed by atoms with van der Waals surface area (Å²) >= 11 is 0.955. The van der Waals surface area contributed by atoms with E-state index in [0.717, 1.165) is 11.7 Å². The molecule has 0 bridgehead atoms. The summed E-state index contributed by atoms with van der Waals surface area (Å²) in [5.74, 6) is -1.86. The molecule has 0 spiro atoms. The third kappa shape index (κ3) is 2.30. The molecule has 2 aromatic rings. The van der Waals surface area contributed by atoms with Crippen molar-refractivity contribution < 1.29 is 18.3 Å². The van der Waals surface area contributed by atoms with Gasteiger partial charge in [0.15, 0.2) is 0 Å². The van der Waals surface area contributed by atoms with Crippen LogP contribution in [0.15, 0.2) is 23.1 Å². The number of aromatic nitrogens is 2. The van der Waals surface area contributed by atoms with E-state index >= 15 is 0 Å². The highest BCUT2D eigenvalue weighted by molar-refractivity contribution is 7.89. The average molecular weight is 327 g/mol. The highest BCUT2D eigenvalue weighted by Crippen LogP contribution is 2.31. The first-order chi connectivity index (χ1) is 9.91. The van der Waals surface area contributed by atoms with Crippen LogP contribution < -0.4 is 0 Å². The number of nitrogens with zero attached hydrogens (tertiary/aromatic N) is 3.